The Morgan fingerprint density at radius 2 is 1.89 bits per heavy atom. The molecule has 0 saturated carbocycles. The summed E-state index contributed by atoms with van der Waals surface area (Å²) in [5, 5.41) is 10.0. The number of aryl methyl sites for hydroxylation is 2. The van der Waals surface area contributed by atoms with Crippen molar-refractivity contribution in [2.75, 3.05) is 0 Å². The summed E-state index contributed by atoms with van der Waals surface area (Å²) in [6.45, 7) is 8.02. The number of carbonyl (C=O) groups is 1. The van der Waals surface area contributed by atoms with Crippen LogP contribution in [0.5, 0.6) is 0 Å². The number of benzene rings is 1. The third-order valence-electron chi connectivity index (χ3n) is 3.47. The Balaban J connectivity index is 2.27. The van der Waals surface area contributed by atoms with Gasteiger partial charge in [-0.2, -0.15) is 0 Å². The third kappa shape index (κ3) is 2.62. The van der Waals surface area contributed by atoms with Gasteiger partial charge in [-0.05, 0) is 56.0 Å². The van der Waals surface area contributed by atoms with Gasteiger partial charge in [-0.1, -0.05) is 23.4 Å². The van der Waals surface area contributed by atoms with Crippen LogP contribution in [0.4, 0.5) is 0 Å². The van der Waals surface area contributed by atoms with E-state index in [1.165, 1.54) is 16.7 Å². The van der Waals surface area contributed by atoms with E-state index in [1.54, 1.807) is 13.0 Å². The van der Waals surface area contributed by atoms with Crippen LogP contribution in [0, 0.1) is 27.7 Å². The molecule has 0 atom stereocenters. The minimum absolute atomic E-state index is 0.135. The summed E-state index contributed by atoms with van der Waals surface area (Å²) < 4.78 is 0. The SMILES string of the molecule is Cc1ccc(/C=C/C(=O)c2nn[nH]c2C)c(C)c1C. The molecule has 0 aliphatic rings. The molecule has 1 heterocycles. The molecule has 0 amide bonds. The van der Waals surface area contributed by atoms with Gasteiger partial charge >= 0.3 is 0 Å². The highest BCUT2D eigenvalue weighted by molar-refractivity contribution is 6.06. The van der Waals surface area contributed by atoms with Crippen LogP contribution in [-0.4, -0.2) is 21.2 Å². The Kier molecular flexibility index (Phi) is 3.60. The number of nitrogens with zero attached hydrogens (tertiary/aromatic N) is 2. The largest absolute Gasteiger partial charge is 0.287 e. The molecule has 1 N–H and O–H groups in total. The van der Waals surface area contributed by atoms with Crippen LogP contribution in [0.1, 0.15) is 38.4 Å². The summed E-state index contributed by atoms with van der Waals surface area (Å²) in [5.74, 6) is -0.135. The van der Waals surface area contributed by atoms with E-state index in [-0.39, 0.29) is 5.78 Å². The van der Waals surface area contributed by atoms with Gasteiger partial charge in [0.1, 0.15) is 0 Å². The van der Waals surface area contributed by atoms with Crippen molar-refractivity contribution in [2.24, 2.45) is 0 Å². The fraction of sp³-hybridized carbons (Fsp3) is 0.267. The molecule has 98 valence electrons. The smallest absolute Gasteiger partial charge is 0.207 e. The van der Waals surface area contributed by atoms with Crippen LogP contribution in [-0.2, 0) is 0 Å². The highest BCUT2D eigenvalue weighted by Gasteiger charge is 2.09. The summed E-state index contributed by atoms with van der Waals surface area (Å²) in [4.78, 5) is 12.0. The standard InChI is InChI=1S/C15H17N3O/c1-9-5-6-13(11(3)10(9)2)7-8-14(19)15-12(4)16-18-17-15/h5-8H,1-4H3,(H,16,17,18)/b8-7+. The summed E-state index contributed by atoms with van der Waals surface area (Å²) >= 11 is 0. The quantitative estimate of drug-likeness (QED) is 0.677. The van der Waals surface area contributed by atoms with Gasteiger partial charge in [-0.15, -0.1) is 5.10 Å². The zero-order valence-electron chi connectivity index (χ0n) is 11.6. The molecule has 0 spiro atoms. The third-order valence-corrected chi connectivity index (χ3v) is 3.47. The summed E-state index contributed by atoms with van der Waals surface area (Å²) in [5.41, 5.74) is 5.82. The van der Waals surface area contributed by atoms with Crippen molar-refractivity contribution in [1.82, 2.24) is 15.4 Å². The Labute approximate surface area is 112 Å². The summed E-state index contributed by atoms with van der Waals surface area (Å²) in [6.07, 6.45) is 3.38. The minimum Gasteiger partial charge on any atom is -0.287 e. The Morgan fingerprint density at radius 3 is 2.53 bits per heavy atom. The van der Waals surface area contributed by atoms with Crippen LogP contribution >= 0.6 is 0 Å². The van der Waals surface area contributed by atoms with Crippen molar-refractivity contribution in [2.45, 2.75) is 27.7 Å². The first kappa shape index (κ1) is 13.2. The maximum Gasteiger partial charge on any atom is 0.207 e. The molecule has 1 aromatic heterocycles. The number of ketones is 1. The second-order valence-electron chi connectivity index (χ2n) is 4.70. The summed E-state index contributed by atoms with van der Waals surface area (Å²) in [6, 6.07) is 4.09. The van der Waals surface area contributed by atoms with Gasteiger partial charge < -0.3 is 0 Å². The second-order valence-corrected chi connectivity index (χ2v) is 4.70. The normalized spacial score (nSPS) is 11.2. The van der Waals surface area contributed by atoms with Crippen molar-refractivity contribution in [3.05, 3.63) is 51.9 Å². The number of carbonyl (C=O) groups excluding carboxylic acids is 1. The number of H-pyrrole nitrogens is 1. The molecule has 1 aromatic carbocycles. The van der Waals surface area contributed by atoms with E-state index in [1.807, 2.05) is 12.1 Å². The molecule has 0 unspecified atom stereocenters. The van der Waals surface area contributed by atoms with Crippen molar-refractivity contribution >= 4 is 11.9 Å². The Hall–Kier alpha value is -2.23. The van der Waals surface area contributed by atoms with Crippen LogP contribution in [0.2, 0.25) is 0 Å². The Morgan fingerprint density at radius 1 is 1.16 bits per heavy atom. The molecule has 0 bridgehead atoms. The molecule has 0 aliphatic carbocycles. The van der Waals surface area contributed by atoms with Crippen LogP contribution in [0.3, 0.4) is 0 Å². The molecular formula is C15H17N3O. The van der Waals surface area contributed by atoms with Gasteiger partial charge in [-0.25, -0.2) is 0 Å². The number of aromatic amines is 1. The monoisotopic (exact) mass is 255 g/mol. The summed E-state index contributed by atoms with van der Waals surface area (Å²) in [7, 11) is 0. The average Bonchev–Trinajstić information content (AvgIpc) is 2.81. The van der Waals surface area contributed by atoms with Crippen LogP contribution in [0.25, 0.3) is 6.08 Å². The number of hydrogen-bond acceptors (Lipinski definition) is 3. The van der Waals surface area contributed by atoms with Gasteiger partial charge in [0.25, 0.3) is 0 Å². The maximum absolute atomic E-state index is 12.0. The van der Waals surface area contributed by atoms with Gasteiger partial charge in [0.05, 0.1) is 5.69 Å². The van der Waals surface area contributed by atoms with E-state index < -0.39 is 0 Å². The number of aromatic nitrogens is 3. The molecular weight excluding hydrogens is 238 g/mol. The van der Waals surface area contributed by atoms with E-state index in [0.29, 0.717) is 11.4 Å². The first-order chi connectivity index (χ1) is 9.00. The molecule has 4 heteroatoms. The van der Waals surface area contributed by atoms with E-state index >= 15 is 0 Å². The molecule has 2 aromatic rings. The predicted molar refractivity (Wildman–Crippen MR) is 75.1 cm³/mol. The lowest BCUT2D eigenvalue weighted by Crippen LogP contribution is -1.98. The number of nitrogens with one attached hydrogen (secondary N) is 1. The number of allylic oxidation sites excluding steroid dienone is 1. The predicted octanol–water partition coefficient (Wildman–Crippen LogP) is 2.93. The molecule has 4 nitrogen and oxygen atoms in total. The Bertz CT molecular complexity index is 653. The highest BCUT2D eigenvalue weighted by atomic mass is 16.1. The molecule has 0 aliphatic heterocycles. The van der Waals surface area contributed by atoms with E-state index in [0.717, 1.165) is 5.56 Å². The lowest BCUT2D eigenvalue weighted by Gasteiger charge is -2.07. The van der Waals surface area contributed by atoms with Gasteiger partial charge in [-0.3, -0.25) is 9.89 Å². The lowest BCUT2D eigenvalue weighted by molar-refractivity contribution is 0.104. The van der Waals surface area contributed by atoms with Gasteiger partial charge in [0, 0.05) is 0 Å². The van der Waals surface area contributed by atoms with Gasteiger partial charge in [0.2, 0.25) is 5.78 Å². The zero-order chi connectivity index (χ0) is 14.0. The molecule has 19 heavy (non-hydrogen) atoms. The first-order valence-corrected chi connectivity index (χ1v) is 6.17. The van der Waals surface area contributed by atoms with Gasteiger partial charge in [0.15, 0.2) is 5.69 Å². The fourth-order valence-electron chi connectivity index (χ4n) is 1.91. The molecule has 0 radical (unpaired) electrons. The van der Waals surface area contributed by atoms with Crippen molar-refractivity contribution in [3.63, 3.8) is 0 Å². The lowest BCUT2D eigenvalue weighted by atomic mass is 9.98. The van der Waals surface area contributed by atoms with E-state index in [2.05, 4.69) is 42.2 Å². The topological polar surface area (TPSA) is 58.6 Å². The second kappa shape index (κ2) is 5.18. The first-order valence-electron chi connectivity index (χ1n) is 6.17. The van der Waals surface area contributed by atoms with Crippen molar-refractivity contribution in [1.29, 1.82) is 0 Å². The average molecular weight is 255 g/mol. The zero-order valence-corrected chi connectivity index (χ0v) is 11.6. The highest BCUT2D eigenvalue weighted by Crippen LogP contribution is 2.18. The molecule has 0 fully saturated rings. The van der Waals surface area contributed by atoms with E-state index in [4.69, 9.17) is 0 Å². The van der Waals surface area contributed by atoms with E-state index in [9.17, 15) is 4.79 Å². The minimum atomic E-state index is -0.135. The van der Waals surface area contributed by atoms with Crippen molar-refractivity contribution < 1.29 is 4.79 Å². The number of rotatable bonds is 3. The van der Waals surface area contributed by atoms with Crippen molar-refractivity contribution in [3.8, 4) is 0 Å². The molecule has 0 saturated heterocycles. The maximum atomic E-state index is 12.0. The molecule has 2 rings (SSSR count). The van der Waals surface area contributed by atoms with Crippen LogP contribution in [0.15, 0.2) is 18.2 Å². The number of hydrogen-bond donors (Lipinski definition) is 1. The fourth-order valence-corrected chi connectivity index (χ4v) is 1.91. The van der Waals surface area contributed by atoms with Crippen LogP contribution < -0.4 is 0 Å².